The fraction of sp³-hybridized carbons (Fsp3) is 0.316. The summed E-state index contributed by atoms with van der Waals surface area (Å²) < 4.78 is 0. The van der Waals surface area contributed by atoms with Crippen LogP contribution in [0.4, 0.5) is 0 Å². The molecule has 1 aromatic carbocycles. The van der Waals surface area contributed by atoms with Gasteiger partial charge in [0.25, 0.3) is 0 Å². The molecule has 0 amide bonds. The molecule has 0 heterocycles. The number of hydrogen-bond acceptors (Lipinski definition) is 5. The third kappa shape index (κ3) is 2.89. The van der Waals surface area contributed by atoms with Crippen molar-refractivity contribution in [1.82, 2.24) is 0 Å². The Morgan fingerprint density at radius 2 is 1.71 bits per heavy atom. The Morgan fingerprint density at radius 3 is 2.25 bits per heavy atom. The SMILES string of the molecule is N#CC(C#N)C(C#N)(C#N)C1CCC/C(=C\c2ccccc2)C1=O. The van der Waals surface area contributed by atoms with Gasteiger partial charge in [0.2, 0.25) is 0 Å². The standard InChI is InChI=1S/C19H14N4O/c20-10-16(11-21)19(12-22,13-23)17-8-4-7-15(18(17)24)9-14-5-2-1-3-6-14/h1-3,5-6,9,16-17H,4,7-8H2/b15-9+. The van der Waals surface area contributed by atoms with E-state index in [2.05, 4.69) is 0 Å². The van der Waals surface area contributed by atoms with E-state index in [-0.39, 0.29) is 5.78 Å². The second-order valence-electron chi connectivity index (χ2n) is 5.67. The Kier molecular flexibility index (Phi) is 5.11. The number of Topliss-reactive ketones (excluding diaryl/α,β-unsaturated/α-hetero) is 1. The van der Waals surface area contributed by atoms with E-state index >= 15 is 0 Å². The molecule has 1 unspecified atom stereocenters. The Balaban J connectivity index is 2.45. The molecule has 1 aliphatic carbocycles. The Hall–Kier alpha value is -3.41. The minimum absolute atomic E-state index is 0.316. The maximum atomic E-state index is 12.8. The summed E-state index contributed by atoms with van der Waals surface area (Å²) in [5, 5.41) is 37.3. The van der Waals surface area contributed by atoms with Gasteiger partial charge in [-0.3, -0.25) is 4.79 Å². The number of carbonyl (C=O) groups is 1. The lowest BCUT2D eigenvalue weighted by Gasteiger charge is -2.32. The normalized spacial score (nSPS) is 19.1. The molecule has 0 bridgehead atoms. The molecule has 0 spiro atoms. The maximum Gasteiger partial charge on any atom is 0.182 e. The number of nitrogens with zero attached hydrogens (tertiary/aromatic N) is 4. The molecule has 1 aliphatic rings. The van der Waals surface area contributed by atoms with Crippen molar-refractivity contribution in [1.29, 1.82) is 21.0 Å². The Bertz CT molecular complexity index is 799. The third-order valence-electron chi connectivity index (χ3n) is 4.35. The van der Waals surface area contributed by atoms with Crippen LogP contribution in [0.1, 0.15) is 24.8 Å². The molecule has 24 heavy (non-hydrogen) atoms. The van der Waals surface area contributed by atoms with E-state index in [1.807, 2.05) is 30.3 Å². The minimum atomic E-state index is -1.93. The molecule has 1 aromatic rings. The van der Waals surface area contributed by atoms with E-state index in [4.69, 9.17) is 10.5 Å². The quantitative estimate of drug-likeness (QED) is 0.795. The van der Waals surface area contributed by atoms with Gasteiger partial charge in [-0.2, -0.15) is 21.0 Å². The average Bonchev–Trinajstić information content (AvgIpc) is 2.63. The first kappa shape index (κ1) is 17.0. The van der Waals surface area contributed by atoms with Gasteiger partial charge >= 0.3 is 0 Å². The zero-order valence-corrected chi connectivity index (χ0v) is 12.9. The van der Waals surface area contributed by atoms with Gasteiger partial charge in [0.1, 0.15) is 0 Å². The van der Waals surface area contributed by atoms with Gasteiger partial charge in [0.15, 0.2) is 17.1 Å². The van der Waals surface area contributed by atoms with Gasteiger partial charge in [0.05, 0.1) is 30.2 Å². The first-order chi connectivity index (χ1) is 11.6. The predicted molar refractivity (Wildman–Crippen MR) is 85.1 cm³/mol. The summed E-state index contributed by atoms with van der Waals surface area (Å²) in [5.41, 5.74) is -0.545. The first-order valence-electron chi connectivity index (χ1n) is 7.54. The van der Waals surface area contributed by atoms with Crippen molar-refractivity contribution >= 4 is 11.9 Å². The molecule has 116 valence electrons. The van der Waals surface area contributed by atoms with Crippen LogP contribution in [0.25, 0.3) is 6.08 Å². The van der Waals surface area contributed by atoms with E-state index < -0.39 is 17.3 Å². The minimum Gasteiger partial charge on any atom is -0.294 e. The van der Waals surface area contributed by atoms with Gasteiger partial charge < -0.3 is 0 Å². The molecule has 0 N–H and O–H groups in total. The van der Waals surface area contributed by atoms with E-state index in [9.17, 15) is 15.3 Å². The van der Waals surface area contributed by atoms with Gasteiger partial charge in [-0.25, -0.2) is 0 Å². The van der Waals surface area contributed by atoms with Crippen LogP contribution in [0.3, 0.4) is 0 Å². The van der Waals surface area contributed by atoms with Crippen molar-refractivity contribution in [3.05, 3.63) is 41.5 Å². The number of allylic oxidation sites excluding steroid dienone is 1. The number of nitriles is 4. The summed E-state index contributed by atoms with van der Waals surface area (Å²) >= 11 is 0. The van der Waals surface area contributed by atoms with Crippen molar-refractivity contribution < 1.29 is 4.79 Å². The number of benzene rings is 1. The van der Waals surface area contributed by atoms with Crippen molar-refractivity contribution in [3.63, 3.8) is 0 Å². The highest BCUT2D eigenvalue weighted by Crippen LogP contribution is 2.43. The van der Waals surface area contributed by atoms with Gasteiger partial charge in [-0.1, -0.05) is 30.3 Å². The van der Waals surface area contributed by atoms with Gasteiger partial charge in [-0.15, -0.1) is 0 Å². The summed E-state index contributed by atoms with van der Waals surface area (Å²) in [6.45, 7) is 0. The smallest absolute Gasteiger partial charge is 0.182 e. The van der Waals surface area contributed by atoms with E-state index in [0.717, 1.165) is 5.56 Å². The number of hydrogen-bond donors (Lipinski definition) is 0. The van der Waals surface area contributed by atoms with Crippen LogP contribution in [0, 0.1) is 62.6 Å². The zero-order chi connectivity index (χ0) is 17.6. The van der Waals surface area contributed by atoms with Gasteiger partial charge in [0, 0.05) is 0 Å². The summed E-state index contributed by atoms with van der Waals surface area (Å²) in [4.78, 5) is 12.8. The van der Waals surface area contributed by atoms with Crippen LogP contribution in [-0.2, 0) is 4.79 Å². The monoisotopic (exact) mass is 314 g/mol. The Labute approximate surface area is 140 Å². The predicted octanol–water partition coefficient (Wildman–Crippen LogP) is 3.14. The molecule has 5 heteroatoms. The molecule has 0 aliphatic heterocycles. The van der Waals surface area contributed by atoms with E-state index in [1.165, 1.54) is 0 Å². The molecular formula is C19H14N4O. The summed E-state index contributed by atoms with van der Waals surface area (Å²) in [5.74, 6) is -2.73. The molecular weight excluding hydrogens is 300 g/mol. The van der Waals surface area contributed by atoms with E-state index in [0.29, 0.717) is 24.8 Å². The fourth-order valence-electron chi connectivity index (χ4n) is 3.05. The molecule has 0 radical (unpaired) electrons. The Morgan fingerprint density at radius 1 is 1.08 bits per heavy atom. The van der Waals surface area contributed by atoms with Crippen LogP contribution < -0.4 is 0 Å². The van der Waals surface area contributed by atoms with Crippen LogP contribution in [0.5, 0.6) is 0 Å². The van der Waals surface area contributed by atoms with E-state index in [1.54, 1.807) is 30.4 Å². The lowest BCUT2D eigenvalue weighted by atomic mass is 9.63. The lowest BCUT2D eigenvalue weighted by molar-refractivity contribution is -0.122. The highest BCUT2D eigenvalue weighted by atomic mass is 16.1. The van der Waals surface area contributed by atoms with Crippen LogP contribution in [-0.4, -0.2) is 5.78 Å². The maximum absolute atomic E-state index is 12.8. The second kappa shape index (κ2) is 7.23. The number of rotatable bonds is 3. The van der Waals surface area contributed by atoms with Crippen molar-refractivity contribution in [3.8, 4) is 24.3 Å². The third-order valence-corrected chi connectivity index (χ3v) is 4.35. The molecule has 0 aromatic heterocycles. The first-order valence-corrected chi connectivity index (χ1v) is 7.54. The second-order valence-corrected chi connectivity index (χ2v) is 5.67. The largest absolute Gasteiger partial charge is 0.294 e. The highest BCUT2D eigenvalue weighted by molar-refractivity contribution is 6.02. The highest BCUT2D eigenvalue weighted by Gasteiger charge is 2.52. The van der Waals surface area contributed by atoms with Crippen LogP contribution >= 0.6 is 0 Å². The molecule has 1 fully saturated rings. The topological polar surface area (TPSA) is 112 Å². The molecule has 5 nitrogen and oxygen atoms in total. The number of ketones is 1. The lowest BCUT2D eigenvalue weighted by Crippen LogP contribution is -2.41. The van der Waals surface area contributed by atoms with Crippen LogP contribution in [0.2, 0.25) is 0 Å². The van der Waals surface area contributed by atoms with Crippen molar-refractivity contribution in [2.24, 2.45) is 17.3 Å². The summed E-state index contributed by atoms with van der Waals surface area (Å²) in [6.07, 6.45) is 3.26. The van der Waals surface area contributed by atoms with Gasteiger partial charge in [-0.05, 0) is 36.5 Å². The van der Waals surface area contributed by atoms with Crippen molar-refractivity contribution in [2.45, 2.75) is 19.3 Å². The molecule has 0 saturated heterocycles. The number of carbonyl (C=O) groups excluding carboxylic acids is 1. The summed E-state index contributed by atoms with van der Waals surface area (Å²) in [7, 11) is 0. The molecule has 1 saturated carbocycles. The zero-order valence-electron chi connectivity index (χ0n) is 12.9. The molecule has 1 atom stereocenters. The fourth-order valence-corrected chi connectivity index (χ4v) is 3.05. The van der Waals surface area contributed by atoms with Crippen LogP contribution in [0.15, 0.2) is 35.9 Å². The summed E-state index contributed by atoms with van der Waals surface area (Å²) in [6, 6.07) is 16.3. The van der Waals surface area contributed by atoms with Crippen molar-refractivity contribution in [2.75, 3.05) is 0 Å². The average molecular weight is 314 g/mol. The molecule has 2 rings (SSSR count).